The fourth-order valence-electron chi connectivity index (χ4n) is 3.09. The van der Waals surface area contributed by atoms with E-state index in [1.165, 1.54) is 16.1 Å². The average Bonchev–Trinajstić information content (AvgIpc) is 2.70. The van der Waals surface area contributed by atoms with Crippen LogP contribution >= 0.6 is 0 Å². The number of benzene rings is 2. The molecule has 6 heteroatoms. The molecule has 0 aromatic heterocycles. The zero-order valence-electron chi connectivity index (χ0n) is 18.5. The predicted octanol–water partition coefficient (Wildman–Crippen LogP) is 4.50. The van der Waals surface area contributed by atoms with E-state index in [1.54, 1.807) is 14.0 Å². The largest absolute Gasteiger partial charge is 0.495 e. The third-order valence-electron chi connectivity index (χ3n) is 5.13. The normalized spacial score (nSPS) is 13.7. The summed E-state index contributed by atoms with van der Waals surface area (Å²) in [5.74, 6) is 7.01. The van der Waals surface area contributed by atoms with Crippen LogP contribution in [0.15, 0.2) is 52.0 Å². The molecular weight excluding hydrogens is 382 g/mol. The Morgan fingerprint density at radius 3 is 2.24 bits per heavy atom. The van der Waals surface area contributed by atoms with E-state index in [0.29, 0.717) is 22.0 Å². The number of hydrogen-bond donors (Lipinski definition) is 2. The van der Waals surface area contributed by atoms with E-state index < -0.39 is 10.8 Å². The van der Waals surface area contributed by atoms with Crippen LogP contribution in [0.4, 0.5) is 5.69 Å². The van der Waals surface area contributed by atoms with Crippen LogP contribution < -0.4 is 21.3 Å². The molecule has 158 valence electrons. The van der Waals surface area contributed by atoms with Crippen LogP contribution in [0.5, 0.6) is 5.75 Å². The number of hydrogen-bond acceptors (Lipinski definition) is 5. The van der Waals surface area contributed by atoms with Crippen molar-refractivity contribution in [2.75, 3.05) is 12.1 Å². The Morgan fingerprint density at radius 1 is 1.17 bits per heavy atom. The third-order valence-corrected chi connectivity index (χ3v) is 6.53. The van der Waals surface area contributed by atoms with Crippen molar-refractivity contribution in [2.24, 2.45) is 11.6 Å². The Bertz CT molecular complexity index is 928. The second-order valence-corrected chi connectivity index (χ2v) is 9.62. The lowest BCUT2D eigenvalue weighted by Gasteiger charge is -2.24. The van der Waals surface area contributed by atoms with Gasteiger partial charge in [-0.15, -0.1) is 0 Å². The van der Waals surface area contributed by atoms with Crippen LogP contribution in [0.3, 0.4) is 0 Å². The van der Waals surface area contributed by atoms with Gasteiger partial charge in [0.2, 0.25) is 0 Å². The van der Waals surface area contributed by atoms with E-state index in [2.05, 4.69) is 27.7 Å². The van der Waals surface area contributed by atoms with Gasteiger partial charge in [-0.2, -0.15) is 0 Å². The molecule has 0 saturated heterocycles. The zero-order chi connectivity index (χ0) is 21.9. The molecule has 2 aromatic carbocycles. The lowest BCUT2D eigenvalue weighted by molar-refractivity contribution is 0.414. The van der Waals surface area contributed by atoms with Gasteiger partial charge in [-0.25, -0.2) is 10.1 Å². The maximum atomic E-state index is 13.0. The number of hydrazine groups is 1. The molecule has 2 rings (SSSR count). The van der Waals surface area contributed by atoms with Crippen molar-refractivity contribution in [3.05, 3.63) is 63.8 Å². The summed E-state index contributed by atoms with van der Waals surface area (Å²) in [5.41, 5.74) is 11.0. The summed E-state index contributed by atoms with van der Waals surface area (Å²) in [6.07, 6.45) is 0.901. The Labute approximate surface area is 177 Å². The van der Waals surface area contributed by atoms with Crippen LogP contribution in [0, 0.1) is 6.92 Å². The highest BCUT2D eigenvalue weighted by atomic mass is 32.2. The van der Waals surface area contributed by atoms with E-state index in [9.17, 15) is 4.21 Å². The highest BCUT2D eigenvalue weighted by molar-refractivity contribution is 7.89. The third kappa shape index (κ3) is 5.00. The summed E-state index contributed by atoms with van der Waals surface area (Å²) in [4.78, 5) is 0.646. The molecule has 29 heavy (non-hydrogen) atoms. The Morgan fingerprint density at radius 2 is 1.76 bits per heavy atom. The Balaban J connectivity index is 2.39. The summed E-state index contributed by atoms with van der Waals surface area (Å²) >= 11 is 0. The van der Waals surface area contributed by atoms with Crippen molar-refractivity contribution >= 4 is 16.5 Å². The molecule has 0 amide bonds. The van der Waals surface area contributed by atoms with Gasteiger partial charge in [0.25, 0.3) is 0 Å². The predicted molar refractivity (Wildman–Crippen MR) is 122 cm³/mol. The molecule has 1 atom stereocenters. The topological polar surface area (TPSA) is 81.6 Å². The van der Waals surface area contributed by atoms with Crippen molar-refractivity contribution in [3.63, 3.8) is 0 Å². The second-order valence-electron chi connectivity index (χ2n) is 8.17. The molecular formula is C23H33N3O2S. The van der Waals surface area contributed by atoms with Crippen molar-refractivity contribution in [1.29, 1.82) is 0 Å². The minimum absolute atomic E-state index is 0.0322. The molecule has 0 bridgehead atoms. The van der Waals surface area contributed by atoms with Crippen molar-refractivity contribution < 1.29 is 8.95 Å². The quantitative estimate of drug-likeness (QED) is 0.536. The number of anilines is 1. The number of aryl methyl sites for hydroxylation is 2. The van der Waals surface area contributed by atoms with Gasteiger partial charge in [0, 0.05) is 4.90 Å². The van der Waals surface area contributed by atoms with Crippen LogP contribution in [-0.2, 0) is 22.6 Å². The maximum absolute atomic E-state index is 13.0. The monoisotopic (exact) mass is 415 g/mol. The van der Waals surface area contributed by atoms with Gasteiger partial charge in [0.15, 0.2) is 0 Å². The summed E-state index contributed by atoms with van der Waals surface area (Å²) in [7, 11) is 0.0973. The molecule has 0 spiro atoms. The van der Waals surface area contributed by atoms with Crippen LogP contribution in [-0.4, -0.2) is 11.3 Å². The second kappa shape index (κ2) is 9.01. The minimum atomic E-state index is -1.51. The summed E-state index contributed by atoms with van der Waals surface area (Å²) < 4.78 is 18.5. The Kier molecular flexibility index (Phi) is 7.14. The molecule has 4 N–H and O–H groups in total. The first-order chi connectivity index (χ1) is 13.5. The van der Waals surface area contributed by atoms with Gasteiger partial charge in [-0.3, -0.25) is 5.01 Å². The maximum Gasteiger partial charge on any atom is 0.144 e. The van der Waals surface area contributed by atoms with Gasteiger partial charge in [0.1, 0.15) is 21.6 Å². The lowest BCUT2D eigenvalue weighted by Crippen LogP contribution is -2.32. The molecule has 0 heterocycles. The molecule has 0 saturated carbocycles. The van der Waals surface area contributed by atoms with Gasteiger partial charge in [0.05, 0.1) is 18.5 Å². The molecule has 1 unspecified atom stereocenters. The number of rotatable bonds is 6. The van der Waals surface area contributed by atoms with E-state index in [0.717, 1.165) is 12.0 Å². The molecule has 0 radical (unpaired) electrons. The SMILES string of the molecule is CCc1cc(OC)c(N(N)/C(C)=C(\N)S(=O)c2ccc(C(C)(C)C)cc2)cc1C. The molecule has 5 nitrogen and oxygen atoms in total. The van der Waals surface area contributed by atoms with Crippen molar-refractivity contribution in [3.8, 4) is 5.75 Å². The molecule has 0 aliphatic carbocycles. The summed E-state index contributed by atoms with van der Waals surface area (Å²) in [6.45, 7) is 12.3. The van der Waals surface area contributed by atoms with Crippen LogP contribution in [0.2, 0.25) is 0 Å². The van der Waals surface area contributed by atoms with Gasteiger partial charge in [-0.05, 0) is 66.6 Å². The first-order valence-electron chi connectivity index (χ1n) is 9.72. The molecule has 2 aromatic rings. The van der Waals surface area contributed by atoms with Crippen molar-refractivity contribution in [1.82, 2.24) is 0 Å². The van der Waals surface area contributed by atoms with Crippen molar-refractivity contribution in [2.45, 2.75) is 58.3 Å². The number of ether oxygens (including phenoxy) is 1. The summed E-state index contributed by atoms with van der Waals surface area (Å²) in [6, 6.07) is 11.7. The molecule has 0 aliphatic heterocycles. The number of nitrogens with zero attached hydrogens (tertiary/aromatic N) is 1. The minimum Gasteiger partial charge on any atom is -0.495 e. The lowest BCUT2D eigenvalue weighted by atomic mass is 9.87. The number of methoxy groups -OCH3 is 1. The highest BCUT2D eigenvalue weighted by Gasteiger charge is 2.19. The smallest absolute Gasteiger partial charge is 0.144 e. The first-order valence-corrected chi connectivity index (χ1v) is 10.9. The van der Waals surface area contributed by atoms with E-state index in [-0.39, 0.29) is 10.4 Å². The molecule has 0 aliphatic rings. The van der Waals surface area contributed by atoms with Gasteiger partial charge in [-0.1, -0.05) is 39.8 Å². The summed E-state index contributed by atoms with van der Waals surface area (Å²) in [5, 5.41) is 1.66. The van der Waals surface area contributed by atoms with E-state index >= 15 is 0 Å². The Hall–Kier alpha value is -2.31. The number of allylic oxidation sites excluding steroid dienone is 1. The standard InChI is InChI=1S/C23H33N3O2S/c1-8-17-14-21(28-7)20(13-15(17)2)26(25)16(3)22(24)29(27)19-11-9-18(10-12-19)23(4,5)6/h9-14H,8,24-25H2,1-7H3/b22-16+. The van der Waals surface area contributed by atoms with E-state index in [4.69, 9.17) is 16.3 Å². The van der Waals surface area contributed by atoms with Gasteiger partial charge >= 0.3 is 0 Å². The molecule has 0 fully saturated rings. The van der Waals surface area contributed by atoms with Crippen LogP contribution in [0.1, 0.15) is 51.3 Å². The first kappa shape index (κ1) is 23.0. The fraction of sp³-hybridized carbons (Fsp3) is 0.391. The number of nitrogens with two attached hydrogens (primary N) is 2. The average molecular weight is 416 g/mol. The highest BCUT2D eigenvalue weighted by Crippen LogP contribution is 2.33. The zero-order valence-corrected chi connectivity index (χ0v) is 19.3. The van der Waals surface area contributed by atoms with Gasteiger partial charge < -0.3 is 10.5 Å². The van der Waals surface area contributed by atoms with E-state index in [1.807, 2.05) is 43.3 Å². The van der Waals surface area contributed by atoms with Crippen LogP contribution in [0.25, 0.3) is 0 Å². The fourth-order valence-corrected chi connectivity index (χ4v) is 4.09.